The molecular formula is C15H26ClN5S. The van der Waals surface area contributed by atoms with Crippen molar-refractivity contribution in [3.8, 4) is 0 Å². The van der Waals surface area contributed by atoms with E-state index in [0.29, 0.717) is 0 Å². The Kier molecular flexibility index (Phi) is 6.92. The van der Waals surface area contributed by atoms with Gasteiger partial charge in [0, 0.05) is 70.7 Å². The number of guanidine groups is 1. The van der Waals surface area contributed by atoms with Gasteiger partial charge >= 0.3 is 0 Å². The summed E-state index contributed by atoms with van der Waals surface area (Å²) >= 11 is 8.09. The quantitative estimate of drug-likeness (QED) is 0.652. The average molecular weight is 344 g/mol. The van der Waals surface area contributed by atoms with Crippen LogP contribution in [0.1, 0.15) is 5.69 Å². The van der Waals surface area contributed by atoms with Crippen LogP contribution in [0.3, 0.4) is 0 Å². The predicted molar refractivity (Wildman–Crippen MR) is 97.0 cm³/mol. The third-order valence-corrected chi connectivity index (χ3v) is 5.01. The van der Waals surface area contributed by atoms with Crippen molar-refractivity contribution < 1.29 is 0 Å². The Morgan fingerprint density at radius 1 is 1.45 bits per heavy atom. The third-order valence-electron chi connectivity index (χ3n) is 3.86. The van der Waals surface area contributed by atoms with E-state index >= 15 is 0 Å². The van der Waals surface area contributed by atoms with Crippen LogP contribution in [0.5, 0.6) is 0 Å². The minimum Gasteiger partial charge on any atom is -0.355 e. The summed E-state index contributed by atoms with van der Waals surface area (Å²) in [7, 11) is 5.89. The first-order chi connectivity index (χ1) is 10.6. The van der Waals surface area contributed by atoms with Gasteiger partial charge in [-0.3, -0.25) is 9.89 Å². The lowest BCUT2D eigenvalue weighted by Gasteiger charge is -2.27. The second-order valence-corrected chi connectivity index (χ2v) is 7.21. The summed E-state index contributed by atoms with van der Waals surface area (Å²) in [5.41, 5.74) is 1.17. The Hall–Kier alpha value is -0.850. The molecule has 0 spiro atoms. The van der Waals surface area contributed by atoms with E-state index in [1.54, 1.807) is 0 Å². The number of aliphatic imine (C=N–C) groups is 1. The number of aromatic nitrogens is 1. The van der Waals surface area contributed by atoms with Crippen molar-refractivity contribution in [1.29, 1.82) is 0 Å². The van der Waals surface area contributed by atoms with Gasteiger partial charge in [-0.05, 0) is 6.07 Å². The van der Waals surface area contributed by atoms with E-state index in [4.69, 9.17) is 11.6 Å². The second kappa shape index (κ2) is 8.70. The summed E-state index contributed by atoms with van der Waals surface area (Å²) in [4.78, 5) is 9.00. The van der Waals surface area contributed by atoms with Crippen LogP contribution >= 0.6 is 23.4 Å². The van der Waals surface area contributed by atoms with Gasteiger partial charge in [0.1, 0.15) is 0 Å². The van der Waals surface area contributed by atoms with Crippen molar-refractivity contribution in [2.45, 2.75) is 6.54 Å². The second-order valence-electron chi connectivity index (χ2n) is 5.54. The summed E-state index contributed by atoms with van der Waals surface area (Å²) in [6.07, 6.45) is 1.93. The van der Waals surface area contributed by atoms with Crippen LogP contribution in [0.15, 0.2) is 17.3 Å². The van der Waals surface area contributed by atoms with Crippen LogP contribution in [0.4, 0.5) is 0 Å². The summed E-state index contributed by atoms with van der Waals surface area (Å²) in [5, 5.41) is 4.22. The molecule has 0 aliphatic carbocycles. The molecule has 5 nitrogen and oxygen atoms in total. The monoisotopic (exact) mass is 343 g/mol. The van der Waals surface area contributed by atoms with E-state index in [9.17, 15) is 0 Å². The van der Waals surface area contributed by atoms with E-state index in [2.05, 4.69) is 24.7 Å². The van der Waals surface area contributed by atoms with Crippen molar-refractivity contribution in [3.05, 3.63) is 23.0 Å². The molecular weight excluding hydrogens is 318 g/mol. The molecule has 0 radical (unpaired) electrons. The smallest absolute Gasteiger partial charge is 0.193 e. The van der Waals surface area contributed by atoms with Gasteiger partial charge in [0.05, 0.1) is 11.6 Å². The van der Waals surface area contributed by atoms with Crippen molar-refractivity contribution in [2.75, 3.05) is 51.8 Å². The molecule has 0 amide bonds. The van der Waals surface area contributed by atoms with E-state index in [-0.39, 0.29) is 0 Å². The lowest BCUT2D eigenvalue weighted by Crippen LogP contribution is -2.43. The maximum atomic E-state index is 6.04. The number of aryl methyl sites for hydroxylation is 1. The van der Waals surface area contributed by atoms with Gasteiger partial charge in [-0.25, -0.2) is 0 Å². The van der Waals surface area contributed by atoms with Crippen LogP contribution in [0, 0.1) is 0 Å². The predicted octanol–water partition coefficient (Wildman–Crippen LogP) is 1.73. The topological polar surface area (TPSA) is 35.8 Å². The van der Waals surface area contributed by atoms with Crippen LogP contribution in [-0.4, -0.2) is 72.1 Å². The summed E-state index contributed by atoms with van der Waals surface area (Å²) in [6.45, 7) is 5.17. The fourth-order valence-corrected chi connectivity index (χ4v) is 3.83. The molecule has 2 rings (SSSR count). The first-order valence-corrected chi connectivity index (χ1v) is 9.16. The van der Waals surface area contributed by atoms with E-state index in [0.717, 1.165) is 30.6 Å². The number of hydrogen-bond donors (Lipinski definition) is 1. The zero-order chi connectivity index (χ0) is 15.9. The standard InChI is InChI=1S/C15H26ClN5S/c1-17-15(18-4-5-21-6-8-22-9-7-21)20(3)12-14-10-13(16)11-19(14)2/h10-11H,4-9,12H2,1-3H3,(H,17,18). The van der Waals surface area contributed by atoms with Gasteiger partial charge in [0.15, 0.2) is 5.96 Å². The summed E-state index contributed by atoms with van der Waals surface area (Å²) in [6, 6.07) is 2.00. The molecule has 1 aromatic rings. The van der Waals surface area contributed by atoms with E-state index in [1.807, 2.05) is 45.2 Å². The van der Waals surface area contributed by atoms with Gasteiger partial charge in [0.2, 0.25) is 0 Å². The lowest BCUT2D eigenvalue weighted by atomic mass is 10.4. The Labute approximate surface area is 142 Å². The number of nitrogens with zero attached hydrogens (tertiary/aromatic N) is 4. The molecule has 1 aliphatic rings. The van der Waals surface area contributed by atoms with E-state index < -0.39 is 0 Å². The fraction of sp³-hybridized carbons (Fsp3) is 0.667. The highest BCUT2D eigenvalue weighted by Crippen LogP contribution is 2.14. The maximum Gasteiger partial charge on any atom is 0.193 e. The van der Waals surface area contributed by atoms with Gasteiger partial charge in [-0.15, -0.1) is 0 Å². The first-order valence-electron chi connectivity index (χ1n) is 7.63. The zero-order valence-corrected chi connectivity index (χ0v) is 15.3. The fourth-order valence-electron chi connectivity index (χ4n) is 2.58. The van der Waals surface area contributed by atoms with Crippen LogP contribution < -0.4 is 5.32 Å². The molecule has 0 unspecified atom stereocenters. The zero-order valence-electron chi connectivity index (χ0n) is 13.7. The number of nitrogens with one attached hydrogen (secondary N) is 1. The number of rotatable bonds is 5. The van der Waals surface area contributed by atoms with Crippen molar-refractivity contribution in [3.63, 3.8) is 0 Å². The van der Waals surface area contributed by atoms with Crippen molar-refractivity contribution in [1.82, 2.24) is 19.7 Å². The molecule has 0 aromatic carbocycles. The van der Waals surface area contributed by atoms with E-state index in [1.165, 1.54) is 30.3 Å². The first kappa shape index (κ1) is 17.5. The molecule has 1 aromatic heterocycles. The number of halogens is 1. The molecule has 0 atom stereocenters. The van der Waals surface area contributed by atoms with Crippen LogP contribution in [0.2, 0.25) is 5.02 Å². The van der Waals surface area contributed by atoms with Crippen molar-refractivity contribution in [2.24, 2.45) is 12.0 Å². The highest BCUT2D eigenvalue weighted by Gasteiger charge is 2.12. The SMILES string of the molecule is CN=C(NCCN1CCSCC1)N(C)Cc1cc(Cl)cn1C. The summed E-state index contributed by atoms with van der Waals surface area (Å²) < 4.78 is 2.05. The third kappa shape index (κ3) is 5.11. The van der Waals surface area contributed by atoms with Gasteiger partial charge < -0.3 is 14.8 Å². The summed E-state index contributed by atoms with van der Waals surface area (Å²) in [5.74, 6) is 3.43. The molecule has 22 heavy (non-hydrogen) atoms. The van der Waals surface area contributed by atoms with Crippen LogP contribution in [0.25, 0.3) is 0 Å². The normalized spacial score (nSPS) is 16.8. The minimum atomic E-state index is 0.775. The Balaban J connectivity index is 1.79. The molecule has 1 fully saturated rings. The maximum absolute atomic E-state index is 6.04. The molecule has 1 saturated heterocycles. The average Bonchev–Trinajstić information content (AvgIpc) is 2.82. The molecule has 0 bridgehead atoms. The molecule has 2 heterocycles. The highest BCUT2D eigenvalue weighted by molar-refractivity contribution is 7.99. The number of thioether (sulfide) groups is 1. The van der Waals surface area contributed by atoms with Gasteiger partial charge in [0.25, 0.3) is 0 Å². The van der Waals surface area contributed by atoms with Gasteiger partial charge in [-0.2, -0.15) is 11.8 Å². The largest absolute Gasteiger partial charge is 0.355 e. The van der Waals surface area contributed by atoms with Crippen LogP contribution in [-0.2, 0) is 13.6 Å². The highest BCUT2D eigenvalue weighted by atomic mass is 35.5. The van der Waals surface area contributed by atoms with Gasteiger partial charge in [-0.1, -0.05) is 11.6 Å². The number of hydrogen-bond acceptors (Lipinski definition) is 3. The Morgan fingerprint density at radius 3 is 2.77 bits per heavy atom. The molecule has 7 heteroatoms. The molecule has 0 saturated carbocycles. The molecule has 1 aliphatic heterocycles. The Bertz CT molecular complexity index is 496. The minimum absolute atomic E-state index is 0.775. The Morgan fingerprint density at radius 2 is 2.18 bits per heavy atom. The van der Waals surface area contributed by atoms with Crippen molar-refractivity contribution >= 4 is 29.3 Å². The molecule has 124 valence electrons. The lowest BCUT2D eigenvalue weighted by molar-refractivity contribution is 0.305. The molecule has 1 N–H and O–H groups in total.